The highest BCUT2D eigenvalue weighted by Crippen LogP contribution is 2.35. The van der Waals surface area contributed by atoms with Crippen molar-refractivity contribution < 1.29 is 18.7 Å². The van der Waals surface area contributed by atoms with Gasteiger partial charge in [0, 0.05) is 55.4 Å². The monoisotopic (exact) mass is 550 g/mol. The van der Waals surface area contributed by atoms with Crippen molar-refractivity contribution in [2.45, 2.75) is 72.3 Å². The molecule has 0 unspecified atom stereocenters. The van der Waals surface area contributed by atoms with Crippen molar-refractivity contribution in [2.75, 3.05) is 33.4 Å². The first-order chi connectivity index (χ1) is 19.1. The number of carbonyl (C=O) groups is 1. The average molecular weight is 551 g/mol. The third-order valence-corrected chi connectivity index (χ3v) is 8.63. The van der Waals surface area contributed by atoms with Crippen molar-refractivity contribution in [3.63, 3.8) is 0 Å². The molecule has 2 aliphatic heterocycles. The Hall–Kier alpha value is -2.81. The number of halogens is 1. The van der Waals surface area contributed by atoms with Gasteiger partial charge in [0.05, 0.1) is 30.5 Å². The van der Waals surface area contributed by atoms with Crippen molar-refractivity contribution in [3.05, 3.63) is 59.4 Å². The van der Waals surface area contributed by atoms with Crippen molar-refractivity contribution in [1.82, 2.24) is 19.2 Å². The molecule has 0 spiro atoms. The number of rotatable bonds is 10. The molecule has 1 amide bonds. The number of fused-ring (bicyclic) bond motifs is 1. The van der Waals surface area contributed by atoms with Gasteiger partial charge >= 0.3 is 0 Å². The molecule has 4 heterocycles. The first-order valence-electron chi connectivity index (χ1n) is 14.6. The van der Waals surface area contributed by atoms with Crippen LogP contribution in [0.15, 0.2) is 36.7 Å². The highest BCUT2D eigenvalue weighted by molar-refractivity contribution is 6.03. The predicted molar refractivity (Wildman–Crippen MR) is 155 cm³/mol. The molecule has 2 fully saturated rings. The van der Waals surface area contributed by atoms with E-state index in [0.717, 1.165) is 54.7 Å². The molecule has 5 rings (SSSR count). The largest absolute Gasteiger partial charge is 0.350 e. The quantitative estimate of drug-likeness (QED) is 0.330. The van der Waals surface area contributed by atoms with Gasteiger partial charge in [-0.05, 0) is 75.6 Å². The summed E-state index contributed by atoms with van der Waals surface area (Å²) < 4.78 is 28.0. The van der Waals surface area contributed by atoms with Crippen LogP contribution < -0.4 is 0 Å². The van der Waals surface area contributed by atoms with Gasteiger partial charge in [-0.15, -0.1) is 0 Å². The van der Waals surface area contributed by atoms with Crippen LogP contribution in [-0.4, -0.2) is 76.8 Å². The first kappa shape index (κ1) is 28.7. The molecule has 216 valence electrons. The van der Waals surface area contributed by atoms with E-state index in [2.05, 4.69) is 41.1 Å². The summed E-state index contributed by atoms with van der Waals surface area (Å²) >= 11 is 0. The zero-order chi connectivity index (χ0) is 28.6. The molecule has 1 atom stereocenters. The number of hydrogen-bond donors (Lipinski definition) is 0. The molecule has 0 radical (unpaired) electrons. The second-order valence-corrected chi connectivity index (χ2v) is 12.1. The van der Waals surface area contributed by atoms with E-state index < -0.39 is 5.82 Å². The SMILES string of the molecule is Cc1cncc2c(-c3ccc(F)cc3C(=O)N(C)C(C)C)cc(CC3CN([C@H](CCC4OCCO4)C(C)C)C3)n12. The summed E-state index contributed by atoms with van der Waals surface area (Å²) in [5.74, 6) is 0.506. The molecule has 7 nitrogen and oxygen atoms in total. The number of nitrogens with zero attached hydrogens (tertiary/aromatic N) is 4. The van der Waals surface area contributed by atoms with Crippen molar-refractivity contribution in [2.24, 2.45) is 11.8 Å². The lowest BCUT2D eigenvalue weighted by molar-refractivity contribution is -0.0586. The molecule has 2 aliphatic rings. The summed E-state index contributed by atoms with van der Waals surface area (Å²) in [5.41, 5.74) is 5.21. The standard InChI is InChI=1S/C32H43FN4O3/c1-20(2)29(9-10-31-39-11-12-40-31)36-18-23(19-36)13-25-15-27(30-17-34-16-22(5)37(25)30)26-8-7-24(33)14-28(26)32(38)35(6)21(3)4/h7-8,14-17,20-21,23,29,31H,9-13,18-19H2,1-6H3/t29-/m1/s1. The van der Waals surface area contributed by atoms with Crippen molar-refractivity contribution >= 4 is 11.4 Å². The van der Waals surface area contributed by atoms with Crippen LogP contribution in [0.2, 0.25) is 0 Å². The van der Waals surface area contributed by atoms with Crippen LogP contribution in [0.3, 0.4) is 0 Å². The van der Waals surface area contributed by atoms with Gasteiger partial charge in [0.15, 0.2) is 6.29 Å². The Balaban J connectivity index is 1.39. The third kappa shape index (κ3) is 5.80. The Morgan fingerprint density at radius 3 is 2.50 bits per heavy atom. The molecule has 0 saturated carbocycles. The molecular weight excluding hydrogens is 507 g/mol. The van der Waals surface area contributed by atoms with E-state index in [9.17, 15) is 9.18 Å². The topological polar surface area (TPSA) is 59.3 Å². The fourth-order valence-corrected chi connectivity index (χ4v) is 6.24. The van der Waals surface area contributed by atoms with Crippen LogP contribution in [0, 0.1) is 24.6 Å². The average Bonchev–Trinajstić information content (AvgIpc) is 3.54. The number of amides is 1. The molecular formula is C32H43FN4O3. The number of aromatic nitrogens is 2. The van der Waals surface area contributed by atoms with Crippen molar-refractivity contribution in [1.29, 1.82) is 0 Å². The molecule has 2 aromatic heterocycles. The minimum absolute atomic E-state index is 0.00307. The van der Waals surface area contributed by atoms with Gasteiger partial charge < -0.3 is 18.8 Å². The molecule has 2 saturated heterocycles. The van der Waals surface area contributed by atoms with E-state index in [1.165, 1.54) is 17.8 Å². The van der Waals surface area contributed by atoms with Gasteiger partial charge in [-0.2, -0.15) is 0 Å². The number of carbonyl (C=O) groups excluding carboxylic acids is 1. The van der Waals surface area contributed by atoms with Crippen LogP contribution >= 0.6 is 0 Å². The number of aryl methyl sites for hydroxylation is 1. The molecule has 40 heavy (non-hydrogen) atoms. The second kappa shape index (κ2) is 12.0. The van der Waals surface area contributed by atoms with Gasteiger partial charge in [0.1, 0.15) is 5.82 Å². The zero-order valence-corrected chi connectivity index (χ0v) is 24.7. The van der Waals surface area contributed by atoms with Crippen LogP contribution in [0.5, 0.6) is 0 Å². The maximum Gasteiger partial charge on any atom is 0.254 e. The van der Waals surface area contributed by atoms with E-state index in [1.54, 1.807) is 18.0 Å². The highest BCUT2D eigenvalue weighted by Gasteiger charge is 2.35. The zero-order valence-electron chi connectivity index (χ0n) is 24.7. The molecule has 0 bridgehead atoms. The van der Waals surface area contributed by atoms with Gasteiger partial charge in [-0.1, -0.05) is 19.9 Å². The van der Waals surface area contributed by atoms with E-state index in [-0.39, 0.29) is 18.2 Å². The summed E-state index contributed by atoms with van der Waals surface area (Å²) in [6.45, 7) is 14.1. The minimum atomic E-state index is -0.414. The molecule has 8 heteroatoms. The Kier molecular flexibility index (Phi) is 8.59. The lowest BCUT2D eigenvalue weighted by Gasteiger charge is -2.46. The maximum absolute atomic E-state index is 14.4. The Morgan fingerprint density at radius 2 is 1.82 bits per heavy atom. The molecule has 1 aromatic carbocycles. The number of likely N-dealkylation sites (tertiary alicyclic amines) is 1. The van der Waals surface area contributed by atoms with Crippen LogP contribution in [0.4, 0.5) is 4.39 Å². The van der Waals surface area contributed by atoms with Gasteiger partial charge in [-0.25, -0.2) is 4.39 Å². The minimum Gasteiger partial charge on any atom is -0.350 e. The lowest BCUT2D eigenvalue weighted by Crippen LogP contribution is -2.54. The Labute approximate surface area is 237 Å². The fourth-order valence-electron chi connectivity index (χ4n) is 6.24. The van der Waals surface area contributed by atoms with E-state index in [4.69, 9.17) is 9.47 Å². The van der Waals surface area contributed by atoms with E-state index >= 15 is 0 Å². The number of hydrogen-bond acceptors (Lipinski definition) is 5. The Morgan fingerprint density at radius 1 is 1.10 bits per heavy atom. The third-order valence-electron chi connectivity index (χ3n) is 8.63. The van der Waals surface area contributed by atoms with Crippen LogP contribution in [0.25, 0.3) is 16.6 Å². The second-order valence-electron chi connectivity index (χ2n) is 12.1. The van der Waals surface area contributed by atoms with Crippen molar-refractivity contribution in [3.8, 4) is 11.1 Å². The lowest BCUT2D eigenvalue weighted by atomic mass is 9.87. The smallest absolute Gasteiger partial charge is 0.254 e. The van der Waals surface area contributed by atoms with E-state index in [1.807, 2.05) is 26.2 Å². The summed E-state index contributed by atoms with van der Waals surface area (Å²) in [4.78, 5) is 22.1. The van der Waals surface area contributed by atoms with Gasteiger partial charge in [-0.3, -0.25) is 14.7 Å². The van der Waals surface area contributed by atoms with Crippen LogP contribution in [0.1, 0.15) is 62.3 Å². The summed E-state index contributed by atoms with van der Waals surface area (Å²) in [5, 5.41) is 0. The van der Waals surface area contributed by atoms with Gasteiger partial charge in [0.25, 0.3) is 5.91 Å². The summed E-state index contributed by atoms with van der Waals surface area (Å²) in [6, 6.07) is 7.23. The molecule has 3 aromatic rings. The summed E-state index contributed by atoms with van der Waals surface area (Å²) in [6.07, 6.45) is 6.61. The number of benzene rings is 1. The Bertz CT molecular complexity index is 1340. The maximum atomic E-state index is 14.4. The fraction of sp³-hybridized carbons (Fsp3) is 0.562. The number of ether oxygens (including phenoxy) is 2. The predicted octanol–water partition coefficient (Wildman–Crippen LogP) is 5.58. The van der Waals surface area contributed by atoms with Gasteiger partial charge in [0.2, 0.25) is 0 Å². The molecule has 0 N–H and O–H groups in total. The normalized spacial score (nSPS) is 17.7. The highest BCUT2D eigenvalue weighted by atomic mass is 19.1. The van der Waals surface area contributed by atoms with E-state index in [0.29, 0.717) is 36.7 Å². The van der Waals surface area contributed by atoms with Crippen LogP contribution in [-0.2, 0) is 15.9 Å². The summed E-state index contributed by atoms with van der Waals surface area (Å²) in [7, 11) is 1.76. The molecule has 0 aliphatic carbocycles. The first-order valence-corrected chi connectivity index (χ1v) is 14.6.